The molecule has 1 heterocycles. The van der Waals surface area contributed by atoms with Crippen molar-refractivity contribution in [3.8, 4) is 5.75 Å². The van der Waals surface area contributed by atoms with Crippen LogP contribution in [-0.2, 0) is 0 Å². The third kappa shape index (κ3) is 2.84. The van der Waals surface area contributed by atoms with Crippen LogP contribution in [0, 0.1) is 5.82 Å². The lowest BCUT2D eigenvalue weighted by Gasteiger charge is -2.19. The van der Waals surface area contributed by atoms with E-state index >= 15 is 0 Å². The van der Waals surface area contributed by atoms with Gasteiger partial charge >= 0.3 is 0 Å². The largest absolute Gasteiger partial charge is 0.495 e. The summed E-state index contributed by atoms with van der Waals surface area (Å²) in [6.07, 6.45) is 3.13. The quantitative estimate of drug-likeness (QED) is 0.667. The predicted octanol–water partition coefficient (Wildman–Crippen LogP) is 2.44. The maximum Gasteiger partial charge on any atom is 0.137 e. The zero-order valence-electron chi connectivity index (χ0n) is 10.2. The fourth-order valence-electron chi connectivity index (χ4n) is 1.84. The van der Waals surface area contributed by atoms with Crippen LogP contribution in [0.25, 0.3) is 0 Å². The molecule has 1 unspecified atom stereocenters. The minimum absolute atomic E-state index is 0.279. The van der Waals surface area contributed by atoms with E-state index in [1.165, 1.54) is 13.2 Å². The molecule has 0 aliphatic carbocycles. The van der Waals surface area contributed by atoms with Gasteiger partial charge in [-0.2, -0.15) is 0 Å². The van der Waals surface area contributed by atoms with Crippen LogP contribution in [0.15, 0.2) is 36.7 Å². The molecule has 1 atom stereocenters. The molecule has 0 fully saturated rings. The van der Waals surface area contributed by atoms with Gasteiger partial charge in [0, 0.05) is 16.8 Å². The first kappa shape index (κ1) is 13.7. The van der Waals surface area contributed by atoms with Crippen molar-refractivity contribution in [1.29, 1.82) is 0 Å². The molecular formula is C13H13ClFN3O. The number of nitrogens with two attached hydrogens (primary N) is 1. The average Bonchev–Trinajstić information content (AvgIpc) is 2.43. The van der Waals surface area contributed by atoms with E-state index in [0.717, 1.165) is 0 Å². The van der Waals surface area contributed by atoms with E-state index in [1.807, 2.05) is 0 Å². The zero-order valence-corrected chi connectivity index (χ0v) is 11.0. The van der Waals surface area contributed by atoms with Crippen molar-refractivity contribution in [1.82, 2.24) is 10.4 Å². The number of nitrogens with one attached hydrogen (secondary N) is 1. The number of hydrogen-bond acceptors (Lipinski definition) is 4. The molecule has 1 aromatic carbocycles. The molecule has 0 radical (unpaired) electrons. The predicted molar refractivity (Wildman–Crippen MR) is 71.4 cm³/mol. The maximum absolute atomic E-state index is 13.9. The standard InChI is InChI=1S/C13H13ClFN3O/c1-19-9-5-8(6-17-7-9)13(18-16)12-10(14)3-2-4-11(12)15/h2-7,13,18H,16H2,1H3. The van der Waals surface area contributed by atoms with Crippen molar-refractivity contribution in [2.75, 3.05) is 7.11 Å². The minimum atomic E-state index is -0.601. The second kappa shape index (κ2) is 5.97. The van der Waals surface area contributed by atoms with Gasteiger partial charge in [0.05, 0.1) is 19.3 Å². The molecule has 6 heteroatoms. The number of hydrazine groups is 1. The Morgan fingerprint density at radius 2 is 2.21 bits per heavy atom. The van der Waals surface area contributed by atoms with E-state index < -0.39 is 11.9 Å². The smallest absolute Gasteiger partial charge is 0.137 e. The summed E-state index contributed by atoms with van der Waals surface area (Å²) < 4.78 is 19.0. The zero-order chi connectivity index (χ0) is 13.8. The van der Waals surface area contributed by atoms with Crippen LogP contribution in [0.1, 0.15) is 17.2 Å². The summed E-state index contributed by atoms with van der Waals surface area (Å²) >= 11 is 6.04. The maximum atomic E-state index is 13.9. The first-order valence-corrected chi connectivity index (χ1v) is 5.94. The summed E-state index contributed by atoms with van der Waals surface area (Å²) in [5.41, 5.74) is 3.49. The second-order valence-electron chi connectivity index (χ2n) is 3.89. The summed E-state index contributed by atoms with van der Waals surface area (Å²) in [4.78, 5) is 4.02. The number of hydrogen-bond donors (Lipinski definition) is 2. The topological polar surface area (TPSA) is 60.2 Å². The number of pyridine rings is 1. The van der Waals surface area contributed by atoms with Crippen molar-refractivity contribution < 1.29 is 9.13 Å². The number of benzene rings is 1. The number of aromatic nitrogens is 1. The average molecular weight is 282 g/mol. The molecular weight excluding hydrogens is 269 g/mol. The Labute approximate surface area is 115 Å². The Bertz CT molecular complexity index is 559. The van der Waals surface area contributed by atoms with E-state index in [2.05, 4.69) is 10.4 Å². The molecule has 0 saturated carbocycles. The Morgan fingerprint density at radius 3 is 2.84 bits per heavy atom. The number of ether oxygens (including phenoxy) is 1. The van der Waals surface area contributed by atoms with Crippen LogP contribution in [0.5, 0.6) is 5.75 Å². The molecule has 3 N–H and O–H groups in total. The van der Waals surface area contributed by atoms with Gasteiger partial charge in [-0.1, -0.05) is 17.7 Å². The van der Waals surface area contributed by atoms with E-state index in [9.17, 15) is 4.39 Å². The SMILES string of the molecule is COc1cncc(C(NN)c2c(F)cccc2Cl)c1. The third-order valence-electron chi connectivity index (χ3n) is 2.76. The van der Waals surface area contributed by atoms with Crippen LogP contribution in [0.2, 0.25) is 5.02 Å². The summed E-state index contributed by atoms with van der Waals surface area (Å²) in [5, 5.41) is 0.297. The highest BCUT2D eigenvalue weighted by Crippen LogP contribution is 2.30. The van der Waals surface area contributed by atoms with Gasteiger partial charge in [-0.15, -0.1) is 0 Å². The number of rotatable bonds is 4. The van der Waals surface area contributed by atoms with E-state index in [-0.39, 0.29) is 5.56 Å². The fraction of sp³-hybridized carbons (Fsp3) is 0.154. The van der Waals surface area contributed by atoms with E-state index in [0.29, 0.717) is 16.3 Å². The van der Waals surface area contributed by atoms with Crippen molar-refractivity contribution >= 4 is 11.6 Å². The monoisotopic (exact) mass is 281 g/mol. The van der Waals surface area contributed by atoms with Crippen LogP contribution >= 0.6 is 11.6 Å². The van der Waals surface area contributed by atoms with Crippen molar-refractivity contribution in [3.05, 3.63) is 58.6 Å². The first-order chi connectivity index (χ1) is 9.17. The molecule has 0 saturated heterocycles. The van der Waals surface area contributed by atoms with Crippen LogP contribution in [0.3, 0.4) is 0 Å². The van der Waals surface area contributed by atoms with Crippen molar-refractivity contribution in [2.45, 2.75) is 6.04 Å². The molecule has 19 heavy (non-hydrogen) atoms. The Hall–Kier alpha value is -1.69. The van der Waals surface area contributed by atoms with Gasteiger partial charge in [0.25, 0.3) is 0 Å². The molecule has 0 bridgehead atoms. The number of halogens is 2. The van der Waals surface area contributed by atoms with E-state index in [1.54, 1.807) is 30.6 Å². The van der Waals surface area contributed by atoms with Gasteiger partial charge in [0.15, 0.2) is 0 Å². The molecule has 100 valence electrons. The highest BCUT2D eigenvalue weighted by Gasteiger charge is 2.20. The lowest BCUT2D eigenvalue weighted by Crippen LogP contribution is -2.30. The van der Waals surface area contributed by atoms with Gasteiger partial charge < -0.3 is 4.74 Å². The molecule has 0 aliphatic heterocycles. The molecule has 4 nitrogen and oxygen atoms in total. The minimum Gasteiger partial charge on any atom is -0.495 e. The molecule has 2 rings (SSSR count). The molecule has 0 aliphatic rings. The lowest BCUT2D eigenvalue weighted by atomic mass is 10.00. The molecule has 2 aromatic rings. The summed E-state index contributed by atoms with van der Waals surface area (Å²) in [6.45, 7) is 0. The van der Waals surface area contributed by atoms with E-state index in [4.69, 9.17) is 22.2 Å². The van der Waals surface area contributed by atoms with Crippen molar-refractivity contribution in [3.63, 3.8) is 0 Å². The third-order valence-corrected chi connectivity index (χ3v) is 3.09. The van der Waals surface area contributed by atoms with Crippen LogP contribution in [0.4, 0.5) is 4.39 Å². The van der Waals surface area contributed by atoms with Gasteiger partial charge in [0.1, 0.15) is 11.6 Å². The second-order valence-corrected chi connectivity index (χ2v) is 4.30. The highest BCUT2D eigenvalue weighted by molar-refractivity contribution is 6.31. The highest BCUT2D eigenvalue weighted by atomic mass is 35.5. The number of methoxy groups -OCH3 is 1. The molecule has 0 amide bonds. The van der Waals surface area contributed by atoms with Crippen LogP contribution < -0.4 is 16.0 Å². The lowest BCUT2D eigenvalue weighted by molar-refractivity contribution is 0.411. The molecule has 1 aromatic heterocycles. The summed E-state index contributed by atoms with van der Waals surface area (Å²) in [6, 6.07) is 5.60. The Morgan fingerprint density at radius 1 is 1.42 bits per heavy atom. The van der Waals surface area contributed by atoms with Gasteiger partial charge in [-0.05, 0) is 23.8 Å². The van der Waals surface area contributed by atoms with Crippen LogP contribution in [-0.4, -0.2) is 12.1 Å². The summed E-state index contributed by atoms with van der Waals surface area (Å²) in [7, 11) is 1.53. The normalized spacial score (nSPS) is 12.2. The number of nitrogens with zero attached hydrogens (tertiary/aromatic N) is 1. The van der Waals surface area contributed by atoms with Gasteiger partial charge in [-0.25, -0.2) is 9.82 Å². The summed E-state index contributed by atoms with van der Waals surface area (Å²) in [5.74, 6) is 5.65. The van der Waals surface area contributed by atoms with Crippen molar-refractivity contribution in [2.24, 2.45) is 5.84 Å². The molecule has 0 spiro atoms. The Kier molecular flexibility index (Phi) is 4.31. The first-order valence-electron chi connectivity index (χ1n) is 5.56. The van der Waals surface area contributed by atoms with Gasteiger partial charge in [0.2, 0.25) is 0 Å². The van der Waals surface area contributed by atoms with Gasteiger partial charge in [-0.3, -0.25) is 10.8 Å². The Balaban J connectivity index is 2.50. The fourth-order valence-corrected chi connectivity index (χ4v) is 2.11.